The Morgan fingerprint density at radius 3 is 1.94 bits per heavy atom. The van der Waals surface area contributed by atoms with Gasteiger partial charge in [0.2, 0.25) is 0 Å². The van der Waals surface area contributed by atoms with Gasteiger partial charge in [0.1, 0.15) is 11.6 Å². The molecule has 3 aromatic rings. The van der Waals surface area contributed by atoms with Crippen molar-refractivity contribution in [3.05, 3.63) is 70.1 Å². The minimum atomic E-state index is -4.81. The predicted octanol–water partition coefficient (Wildman–Crippen LogP) is 6.82. The average Bonchev–Trinajstić information content (AvgIpc) is 3.12. The van der Waals surface area contributed by atoms with E-state index in [1.165, 1.54) is 11.4 Å². The van der Waals surface area contributed by atoms with E-state index in [1.54, 1.807) is 0 Å². The number of carbonyl (C=O) groups excluding carboxylic acids is 1. The SMILES string of the molecule is Nc1nc(-c2cccc(C(F)(F)F)c2F)cs1.O=C(CCl)c1cccc(C(F)(F)F)c1F. The van der Waals surface area contributed by atoms with Crippen LogP contribution in [0, 0.1) is 11.6 Å². The van der Waals surface area contributed by atoms with Crippen molar-refractivity contribution in [3.8, 4) is 11.3 Å². The summed E-state index contributed by atoms with van der Waals surface area (Å²) in [5.74, 6) is -4.33. The molecule has 0 aliphatic rings. The fourth-order valence-corrected chi connectivity index (χ4v) is 3.11. The highest BCUT2D eigenvalue weighted by Crippen LogP contribution is 2.36. The van der Waals surface area contributed by atoms with Crippen LogP contribution in [0.3, 0.4) is 0 Å². The van der Waals surface area contributed by atoms with Gasteiger partial charge < -0.3 is 5.73 Å². The molecule has 3 nitrogen and oxygen atoms in total. The van der Waals surface area contributed by atoms with Crippen LogP contribution in [0.4, 0.5) is 40.3 Å². The number of anilines is 1. The van der Waals surface area contributed by atoms with Gasteiger partial charge in [0.15, 0.2) is 10.9 Å². The van der Waals surface area contributed by atoms with Crippen LogP contribution < -0.4 is 5.73 Å². The summed E-state index contributed by atoms with van der Waals surface area (Å²) in [6.45, 7) is 0. The lowest BCUT2D eigenvalue weighted by molar-refractivity contribution is -0.140. The quantitative estimate of drug-likeness (QED) is 0.243. The molecule has 0 saturated heterocycles. The summed E-state index contributed by atoms with van der Waals surface area (Å²) in [6.07, 6.45) is -9.53. The van der Waals surface area contributed by atoms with Crippen LogP contribution in [0.2, 0.25) is 0 Å². The molecule has 0 fully saturated rings. The van der Waals surface area contributed by atoms with Crippen LogP contribution >= 0.6 is 22.9 Å². The molecule has 1 heterocycles. The molecule has 0 aliphatic heterocycles. The van der Waals surface area contributed by atoms with Crippen LogP contribution in [-0.4, -0.2) is 16.6 Å². The third-order valence-electron chi connectivity index (χ3n) is 3.83. The first kappa shape index (κ1) is 25.5. The third-order valence-corrected chi connectivity index (χ3v) is 4.74. The largest absolute Gasteiger partial charge is 0.419 e. The second kappa shape index (κ2) is 9.82. The van der Waals surface area contributed by atoms with E-state index in [2.05, 4.69) is 4.98 Å². The predicted molar refractivity (Wildman–Crippen MR) is 103 cm³/mol. The first-order valence-corrected chi connectivity index (χ1v) is 9.70. The molecule has 0 radical (unpaired) electrons. The zero-order valence-electron chi connectivity index (χ0n) is 15.5. The Morgan fingerprint density at radius 1 is 0.938 bits per heavy atom. The summed E-state index contributed by atoms with van der Waals surface area (Å²) in [4.78, 5) is 14.7. The summed E-state index contributed by atoms with van der Waals surface area (Å²) < 4.78 is 101. The van der Waals surface area contributed by atoms with Gasteiger partial charge in [-0.15, -0.1) is 22.9 Å². The number of hydrogen-bond donors (Lipinski definition) is 1. The van der Waals surface area contributed by atoms with Crippen LogP contribution in [0.25, 0.3) is 11.3 Å². The maximum absolute atomic E-state index is 13.7. The number of hydrogen-bond acceptors (Lipinski definition) is 4. The topological polar surface area (TPSA) is 56.0 Å². The molecule has 13 heteroatoms. The Bertz CT molecular complexity index is 1110. The van der Waals surface area contributed by atoms with Crippen molar-refractivity contribution in [1.82, 2.24) is 4.98 Å². The maximum Gasteiger partial charge on any atom is 0.419 e. The summed E-state index contributed by atoms with van der Waals surface area (Å²) in [5.41, 5.74) is 1.86. The molecule has 0 atom stereocenters. The first-order chi connectivity index (χ1) is 14.8. The normalized spacial score (nSPS) is 11.7. The number of benzene rings is 2. The first-order valence-electron chi connectivity index (χ1n) is 8.29. The zero-order chi connectivity index (χ0) is 24.3. The van der Waals surface area contributed by atoms with E-state index in [-0.39, 0.29) is 16.4 Å². The van der Waals surface area contributed by atoms with Crippen LogP contribution in [0.15, 0.2) is 41.8 Å². The Hall–Kier alpha value is -2.73. The Labute approximate surface area is 184 Å². The molecule has 0 aliphatic carbocycles. The van der Waals surface area contributed by atoms with E-state index in [0.29, 0.717) is 12.1 Å². The fourth-order valence-electron chi connectivity index (χ4n) is 2.40. The Kier molecular flexibility index (Phi) is 7.83. The minimum Gasteiger partial charge on any atom is -0.375 e. The van der Waals surface area contributed by atoms with E-state index < -0.39 is 52.3 Å². The Morgan fingerprint density at radius 2 is 1.47 bits per heavy atom. The lowest BCUT2D eigenvalue weighted by Crippen LogP contribution is -2.12. The highest BCUT2D eigenvalue weighted by atomic mass is 35.5. The van der Waals surface area contributed by atoms with Gasteiger partial charge in [-0.3, -0.25) is 4.79 Å². The lowest BCUT2D eigenvalue weighted by atomic mass is 10.1. The molecular weight excluding hydrogens is 492 g/mol. The molecule has 32 heavy (non-hydrogen) atoms. The number of halogens is 9. The third kappa shape index (κ3) is 5.94. The Balaban J connectivity index is 0.000000229. The number of carbonyl (C=O) groups is 1. The molecule has 172 valence electrons. The van der Waals surface area contributed by atoms with Crippen molar-refractivity contribution in [2.45, 2.75) is 12.4 Å². The van der Waals surface area contributed by atoms with Gasteiger partial charge in [-0.05, 0) is 24.3 Å². The summed E-state index contributed by atoms with van der Waals surface area (Å²) in [7, 11) is 0. The average molecular weight is 503 g/mol. The molecule has 2 aromatic carbocycles. The van der Waals surface area contributed by atoms with Gasteiger partial charge in [0.25, 0.3) is 0 Å². The number of thiazole rings is 1. The van der Waals surface area contributed by atoms with Crippen LogP contribution in [0.5, 0.6) is 0 Å². The molecule has 0 unspecified atom stereocenters. The van der Waals surface area contributed by atoms with Gasteiger partial charge in [-0.2, -0.15) is 26.3 Å². The monoisotopic (exact) mass is 502 g/mol. The number of ketones is 1. The highest BCUT2D eigenvalue weighted by molar-refractivity contribution is 7.13. The maximum atomic E-state index is 13.7. The molecule has 0 amide bonds. The molecule has 0 bridgehead atoms. The lowest BCUT2D eigenvalue weighted by Gasteiger charge is -2.09. The number of nitrogens with zero attached hydrogens (tertiary/aromatic N) is 1. The summed E-state index contributed by atoms with van der Waals surface area (Å²) in [6, 6.07) is 5.56. The minimum absolute atomic E-state index is 0.108. The van der Waals surface area contributed by atoms with Gasteiger partial charge in [-0.25, -0.2) is 13.8 Å². The zero-order valence-corrected chi connectivity index (χ0v) is 17.1. The van der Waals surface area contributed by atoms with Crippen molar-refractivity contribution in [2.24, 2.45) is 0 Å². The second-order valence-electron chi connectivity index (χ2n) is 5.96. The van der Waals surface area contributed by atoms with Gasteiger partial charge in [0, 0.05) is 10.9 Å². The molecule has 3 rings (SSSR count). The van der Waals surface area contributed by atoms with Crippen molar-refractivity contribution in [2.75, 3.05) is 11.6 Å². The van der Waals surface area contributed by atoms with Crippen LogP contribution in [0.1, 0.15) is 21.5 Å². The number of nitrogens with two attached hydrogens (primary N) is 1. The molecule has 0 saturated carbocycles. The van der Waals surface area contributed by atoms with Gasteiger partial charge >= 0.3 is 12.4 Å². The number of Topliss-reactive ketones (excluding diaryl/α,β-unsaturated/α-hetero) is 1. The van der Waals surface area contributed by atoms with Gasteiger partial charge in [0.05, 0.1) is 28.3 Å². The van der Waals surface area contributed by atoms with E-state index in [9.17, 15) is 39.9 Å². The van der Waals surface area contributed by atoms with E-state index in [0.717, 1.165) is 29.5 Å². The molecule has 1 aromatic heterocycles. The molecule has 0 spiro atoms. The number of rotatable bonds is 3. The smallest absolute Gasteiger partial charge is 0.375 e. The van der Waals surface area contributed by atoms with Crippen molar-refractivity contribution in [3.63, 3.8) is 0 Å². The molecular formula is C19H11ClF8N2OS. The van der Waals surface area contributed by atoms with Crippen molar-refractivity contribution in [1.29, 1.82) is 0 Å². The highest BCUT2D eigenvalue weighted by Gasteiger charge is 2.36. The number of nitrogen functional groups attached to an aromatic ring is 1. The van der Waals surface area contributed by atoms with Crippen LogP contribution in [-0.2, 0) is 12.4 Å². The summed E-state index contributed by atoms with van der Waals surface area (Å²) >= 11 is 6.17. The van der Waals surface area contributed by atoms with Crippen molar-refractivity contribution < 1.29 is 39.9 Å². The summed E-state index contributed by atoms with van der Waals surface area (Å²) in [5, 5.41) is 1.59. The standard InChI is InChI=1S/C10H6F4N2S.C9H5ClF4O/c11-8-5(7-4-17-9(15)16-7)2-1-3-6(8)10(12,13)14;10-4-7(15)5-2-1-3-6(8(5)11)9(12,13)14/h1-4H,(H2,15,16);1-3H,4H2. The van der Waals surface area contributed by atoms with Gasteiger partial charge in [-0.1, -0.05) is 12.1 Å². The molecule has 2 N–H and O–H groups in total. The van der Waals surface area contributed by atoms with E-state index in [4.69, 9.17) is 17.3 Å². The second-order valence-corrected chi connectivity index (χ2v) is 7.11. The number of aromatic nitrogens is 1. The van der Waals surface area contributed by atoms with E-state index in [1.807, 2.05) is 0 Å². The van der Waals surface area contributed by atoms with Crippen molar-refractivity contribution >= 4 is 33.9 Å². The number of alkyl halides is 7. The fraction of sp³-hybridized carbons (Fsp3) is 0.158. The van der Waals surface area contributed by atoms with E-state index >= 15 is 0 Å².